The van der Waals surface area contributed by atoms with E-state index in [0.717, 1.165) is 11.4 Å². The van der Waals surface area contributed by atoms with Gasteiger partial charge < -0.3 is 5.32 Å². The quantitative estimate of drug-likeness (QED) is 0.707. The number of amides is 2. The second kappa shape index (κ2) is 8.15. The molecular weight excluding hydrogens is 397 g/mol. The van der Waals surface area contributed by atoms with Crippen molar-refractivity contribution in [3.05, 3.63) is 27.2 Å². The third-order valence-electron chi connectivity index (χ3n) is 4.41. The summed E-state index contributed by atoms with van der Waals surface area (Å²) in [4.78, 5) is 25.1. The van der Waals surface area contributed by atoms with Crippen molar-refractivity contribution in [3.63, 3.8) is 0 Å². The number of nitrogens with one attached hydrogen (secondary N) is 1. The molecule has 1 aliphatic rings. The van der Waals surface area contributed by atoms with Crippen LogP contribution in [0.5, 0.6) is 0 Å². The second-order valence-electron chi connectivity index (χ2n) is 7.11. The SMILES string of the molecule is CCC(C)(CC(C)C)C(=O)NC1=NN(c2c(Cl)cc(Cl)cc2Cl)C(=O)C1. The third-order valence-corrected chi connectivity index (χ3v) is 5.21. The molecule has 0 saturated carbocycles. The van der Waals surface area contributed by atoms with Crippen molar-refractivity contribution in [1.29, 1.82) is 0 Å². The molecule has 5 nitrogen and oxygen atoms in total. The van der Waals surface area contributed by atoms with Gasteiger partial charge in [0.15, 0.2) is 0 Å². The molecule has 1 aromatic carbocycles. The van der Waals surface area contributed by atoms with Crippen LogP contribution >= 0.6 is 34.8 Å². The van der Waals surface area contributed by atoms with Gasteiger partial charge in [-0.2, -0.15) is 10.1 Å². The topological polar surface area (TPSA) is 61.8 Å². The van der Waals surface area contributed by atoms with E-state index in [1.165, 1.54) is 12.1 Å². The van der Waals surface area contributed by atoms with E-state index < -0.39 is 5.41 Å². The van der Waals surface area contributed by atoms with Gasteiger partial charge in [-0.25, -0.2) is 0 Å². The molecule has 2 amide bonds. The molecule has 1 N–H and O–H groups in total. The van der Waals surface area contributed by atoms with E-state index in [2.05, 4.69) is 24.3 Å². The van der Waals surface area contributed by atoms with E-state index in [0.29, 0.717) is 17.4 Å². The third kappa shape index (κ3) is 4.51. The molecule has 1 heterocycles. The van der Waals surface area contributed by atoms with Crippen molar-refractivity contribution < 1.29 is 9.59 Å². The Morgan fingerprint density at radius 2 is 1.88 bits per heavy atom. The fourth-order valence-corrected chi connectivity index (χ4v) is 3.97. The van der Waals surface area contributed by atoms with Gasteiger partial charge in [0.25, 0.3) is 5.91 Å². The summed E-state index contributed by atoms with van der Waals surface area (Å²) in [7, 11) is 0. The van der Waals surface area contributed by atoms with Crippen molar-refractivity contribution >= 4 is 58.1 Å². The minimum absolute atomic E-state index is 0.0253. The van der Waals surface area contributed by atoms with Gasteiger partial charge >= 0.3 is 0 Å². The summed E-state index contributed by atoms with van der Waals surface area (Å²) in [5.74, 6) is 0.190. The molecule has 1 aromatic rings. The molecule has 1 aliphatic heterocycles. The van der Waals surface area contributed by atoms with Crippen molar-refractivity contribution in [2.24, 2.45) is 16.4 Å². The van der Waals surface area contributed by atoms with Crippen LogP contribution in [-0.4, -0.2) is 17.6 Å². The zero-order valence-corrected chi connectivity index (χ0v) is 17.5. The largest absolute Gasteiger partial charge is 0.312 e. The van der Waals surface area contributed by atoms with Crippen LogP contribution in [0, 0.1) is 11.3 Å². The van der Waals surface area contributed by atoms with Gasteiger partial charge in [-0.15, -0.1) is 0 Å². The maximum atomic E-state index is 12.7. The lowest BCUT2D eigenvalue weighted by Crippen LogP contribution is -2.42. The molecule has 0 fully saturated rings. The second-order valence-corrected chi connectivity index (χ2v) is 8.36. The number of hydrazone groups is 1. The molecular formula is C18H22Cl3N3O2. The van der Waals surface area contributed by atoms with Gasteiger partial charge in [0.2, 0.25) is 5.91 Å². The average molecular weight is 419 g/mol. The van der Waals surface area contributed by atoms with E-state index >= 15 is 0 Å². The van der Waals surface area contributed by atoms with Crippen molar-refractivity contribution in [3.8, 4) is 0 Å². The number of hydrogen-bond acceptors (Lipinski definition) is 3. The number of hydrogen-bond donors (Lipinski definition) is 1. The Hall–Kier alpha value is -1.30. The first kappa shape index (κ1) is 21.0. The molecule has 0 aromatic heterocycles. The van der Waals surface area contributed by atoms with Crippen LogP contribution in [0.3, 0.4) is 0 Å². The van der Waals surface area contributed by atoms with Crippen LogP contribution in [0.4, 0.5) is 5.69 Å². The Morgan fingerprint density at radius 1 is 1.31 bits per heavy atom. The smallest absolute Gasteiger partial charge is 0.255 e. The Morgan fingerprint density at radius 3 is 2.38 bits per heavy atom. The molecule has 1 atom stereocenters. The molecule has 8 heteroatoms. The highest BCUT2D eigenvalue weighted by Crippen LogP contribution is 2.38. The lowest BCUT2D eigenvalue weighted by atomic mass is 9.79. The number of halogens is 3. The Kier molecular flexibility index (Phi) is 6.59. The van der Waals surface area contributed by atoms with Crippen LogP contribution in [0.15, 0.2) is 17.2 Å². The molecule has 2 rings (SSSR count). The normalized spacial score (nSPS) is 16.7. The number of amidine groups is 1. The fourth-order valence-electron chi connectivity index (χ4n) is 2.99. The summed E-state index contributed by atoms with van der Waals surface area (Å²) < 4.78 is 0. The summed E-state index contributed by atoms with van der Waals surface area (Å²) >= 11 is 18.2. The van der Waals surface area contributed by atoms with E-state index in [1.807, 2.05) is 13.8 Å². The number of rotatable bonds is 5. The molecule has 142 valence electrons. The first-order valence-corrected chi connectivity index (χ1v) is 9.57. The average Bonchev–Trinajstić information content (AvgIpc) is 2.85. The molecule has 0 aliphatic carbocycles. The maximum absolute atomic E-state index is 12.7. The van der Waals surface area contributed by atoms with Gasteiger partial charge in [-0.1, -0.05) is 62.5 Å². The van der Waals surface area contributed by atoms with Crippen molar-refractivity contribution in [2.75, 3.05) is 5.01 Å². The van der Waals surface area contributed by atoms with E-state index in [4.69, 9.17) is 34.8 Å². The number of benzene rings is 1. The summed E-state index contributed by atoms with van der Waals surface area (Å²) in [5.41, 5.74) is -0.268. The molecule has 0 saturated heterocycles. The molecule has 0 spiro atoms. The first-order valence-electron chi connectivity index (χ1n) is 8.43. The highest BCUT2D eigenvalue weighted by Gasteiger charge is 2.35. The van der Waals surface area contributed by atoms with Crippen LogP contribution in [0.25, 0.3) is 0 Å². The van der Waals surface area contributed by atoms with Gasteiger partial charge in [0.05, 0.1) is 16.5 Å². The van der Waals surface area contributed by atoms with Crippen LogP contribution in [-0.2, 0) is 9.59 Å². The van der Waals surface area contributed by atoms with Crippen molar-refractivity contribution in [1.82, 2.24) is 5.32 Å². The summed E-state index contributed by atoms with van der Waals surface area (Å²) in [6, 6.07) is 2.97. The molecule has 1 unspecified atom stereocenters. The van der Waals surface area contributed by atoms with Gasteiger partial charge in [0, 0.05) is 10.4 Å². The lowest BCUT2D eigenvalue weighted by molar-refractivity contribution is -0.129. The Bertz CT molecular complexity index is 741. The van der Waals surface area contributed by atoms with Crippen molar-refractivity contribution in [2.45, 2.75) is 47.0 Å². The Labute approximate surface area is 168 Å². The predicted octanol–water partition coefficient (Wildman–Crippen LogP) is 5.28. The Balaban J connectivity index is 2.24. The summed E-state index contributed by atoms with van der Waals surface area (Å²) in [6.07, 6.45) is 1.41. The zero-order chi connectivity index (χ0) is 19.6. The highest BCUT2D eigenvalue weighted by atomic mass is 35.5. The molecule has 26 heavy (non-hydrogen) atoms. The number of carbonyl (C=O) groups excluding carboxylic acids is 2. The zero-order valence-electron chi connectivity index (χ0n) is 15.2. The predicted molar refractivity (Wildman–Crippen MR) is 107 cm³/mol. The van der Waals surface area contributed by atoms with Gasteiger partial charge in [-0.05, 0) is 30.9 Å². The minimum Gasteiger partial charge on any atom is -0.312 e. The van der Waals surface area contributed by atoms with Gasteiger partial charge in [0.1, 0.15) is 11.5 Å². The minimum atomic E-state index is -0.525. The lowest BCUT2D eigenvalue weighted by Gasteiger charge is -2.28. The summed E-state index contributed by atoms with van der Waals surface area (Å²) in [6.45, 7) is 8.04. The van der Waals surface area contributed by atoms with Crippen LogP contribution in [0.1, 0.15) is 47.0 Å². The maximum Gasteiger partial charge on any atom is 0.255 e. The van der Waals surface area contributed by atoms with Crippen LogP contribution < -0.4 is 10.3 Å². The highest BCUT2D eigenvalue weighted by molar-refractivity contribution is 6.42. The van der Waals surface area contributed by atoms with Gasteiger partial charge in [-0.3, -0.25) is 9.59 Å². The van der Waals surface area contributed by atoms with E-state index in [-0.39, 0.29) is 39.8 Å². The first-order chi connectivity index (χ1) is 12.1. The fraction of sp³-hybridized carbons (Fsp3) is 0.500. The number of carbonyl (C=O) groups is 2. The van der Waals surface area contributed by atoms with E-state index in [1.54, 1.807) is 0 Å². The number of anilines is 1. The summed E-state index contributed by atoms with van der Waals surface area (Å²) in [5, 5.41) is 8.91. The van der Waals surface area contributed by atoms with Crippen LogP contribution in [0.2, 0.25) is 15.1 Å². The monoisotopic (exact) mass is 417 g/mol. The standard InChI is InChI=1S/C18H22Cl3N3O2/c1-5-18(4,9-10(2)3)17(26)22-14-8-15(25)24(23-14)16-12(20)6-11(19)7-13(16)21/h6-7,10H,5,8-9H2,1-4H3,(H,22,23,26). The van der Waals surface area contributed by atoms with E-state index in [9.17, 15) is 9.59 Å². The molecule has 0 radical (unpaired) electrons. The molecule has 0 bridgehead atoms. The number of nitrogens with zero attached hydrogens (tertiary/aromatic N) is 2.